The molecule has 21 heavy (non-hydrogen) atoms. The number of methoxy groups -OCH3 is 1. The van der Waals surface area contributed by atoms with Crippen LogP contribution >= 0.6 is 22.9 Å². The van der Waals surface area contributed by atoms with Crippen LogP contribution in [0.4, 0.5) is 0 Å². The van der Waals surface area contributed by atoms with Gasteiger partial charge in [0.25, 0.3) is 0 Å². The fourth-order valence-electron chi connectivity index (χ4n) is 2.27. The van der Waals surface area contributed by atoms with Crippen LogP contribution in [0.3, 0.4) is 0 Å². The molecule has 1 aromatic heterocycles. The average molecular weight is 324 g/mol. The molecule has 0 fully saturated rings. The van der Waals surface area contributed by atoms with Gasteiger partial charge in [0.05, 0.1) is 18.2 Å². The highest BCUT2D eigenvalue weighted by atomic mass is 35.5. The molecule has 2 aromatic rings. The number of ether oxygens (including phenoxy) is 1. The standard InChI is InChI=1S/C17H22ClNOS/c1-4-10-19-17(16-9-7-13(5-2)21-16)12-6-8-15(20-3)14(18)11-12/h6-9,11,17,19H,4-5,10H2,1-3H3. The first-order chi connectivity index (χ1) is 10.2. The molecule has 0 aliphatic heterocycles. The van der Waals surface area contributed by atoms with Gasteiger partial charge in [0.2, 0.25) is 0 Å². The molecule has 0 saturated carbocycles. The van der Waals surface area contributed by atoms with E-state index in [1.807, 2.05) is 23.5 Å². The minimum absolute atomic E-state index is 0.193. The molecular formula is C17H22ClNOS. The Morgan fingerprint density at radius 3 is 2.62 bits per heavy atom. The van der Waals surface area contributed by atoms with Crippen molar-refractivity contribution < 1.29 is 4.74 Å². The third-order valence-corrected chi connectivity index (χ3v) is 5.01. The Bertz CT molecular complexity index is 582. The van der Waals surface area contributed by atoms with E-state index >= 15 is 0 Å². The maximum absolute atomic E-state index is 6.28. The van der Waals surface area contributed by atoms with Crippen molar-refractivity contribution in [3.8, 4) is 5.75 Å². The van der Waals surface area contributed by atoms with Crippen LogP contribution in [0.25, 0.3) is 0 Å². The highest BCUT2D eigenvalue weighted by Crippen LogP contribution is 2.33. The average Bonchev–Trinajstić information content (AvgIpc) is 2.96. The molecule has 1 atom stereocenters. The molecule has 1 heterocycles. The Balaban J connectivity index is 2.32. The summed E-state index contributed by atoms with van der Waals surface area (Å²) in [7, 11) is 1.64. The van der Waals surface area contributed by atoms with Crippen molar-refractivity contribution >= 4 is 22.9 Å². The number of halogens is 1. The van der Waals surface area contributed by atoms with Gasteiger partial charge in [-0.25, -0.2) is 0 Å². The van der Waals surface area contributed by atoms with E-state index in [4.69, 9.17) is 16.3 Å². The van der Waals surface area contributed by atoms with E-state index in [1.165, 1.54) is 15.3 Å². The SMILES string of the molecule is CCCNC(c1ccc(OC)c(Cl)c1)c1ccc(CC)s1. The van der Waals surface area contributed by atoms with Gasteiger partial charge in [0.15, 0.2) is 0 Å². The van der Waals surface area contributed by atoms with E-state index in [-0.39, 0.29) is 6.04 Å². The summed E-state index contributed by atoms with van der Waals surface area (Å²) in [6.07, 6.45) is 2.18. The van der Waals surface area contributed by atoms with Crippen LogP contribution in [0.1, 0.15) is 41.6 Å². The van der Waals surface area contributed by atoms with Crippen molar-refractivity contribution in [1.82, 2.24) is 5.32 Å². The molecule has 0 aliphatic carbocycles. The minimum Gasteiger partial charge on any atom is -0.495 e. The summed E-state index contributed by atoms with van der Waals surface area (Å²) >= 11 is 8.14. The minimum atomic E-state index is 0.193. The fourth-order valence-corrected chi connectivity index (χ4v) is 3.60. The molecule has 0 spiro atoms. The summed E-state index contributed by atoms with van der Waals surface area (Å²) in [5.41, 5.74) is 1.18. The lowest BCUT2D eigenvalue weighted by Crippen LogP contribution is -2.22. The van der Waals surface area contributed by atoms with Crippen molar-refractivity contribution in [2.24, 2.45) is 0 Å². The van der Waals surface area contributed by atoms with Gasteiger partial charge in [-0.1, -0.05) is 31.5 Å². The number of nitrogens with one attached hydrogen (secondary N) is 1. The van der Waals surface area contributed by atoms with Gasteiger partial charge in [-0.05, 0) is 49.2 Å². The molecule has 2 nitrogen and oxygen atoms in total. The Kier molecular flexibility index (Phi) is 6.09. The summed E-state index contributed by atoms with van der Waals surface area (Å²) in [5, 5.41) is 4.27. The molecule has 0 radical (unpaired) electrons. The van der Waals surface area contributed by atoms with Gasteiger partial charge in [0.1, 0.15) is 5.75 Å². The van der Waals surface area contributed by atoms with Gasteiger partial charge in [0, 0.05) is 9.75 Å². The molecule has 0 saturated heterocycles. The molecule has 114 valence electrons. The molecule has 0 bridgehead atoms. The van der Waals surface area contributed by atoms with Crippen LogP contribution in [-0.2, 0) is 6.42 Å². The predicted octanol–water partition coefficient (Wildman–Crippen LogP) is 5.06. The van der Waals surface area contributed by atoms with Crippen molar-refractivity contribution in [3.63, 3.8) is 0 Å². The van der Waals surface area contributed by atoms with Crippen LogP contribution in [0.5, 0.6) is 5.75 Å². The zero-order valence-electron chi connectivity index (χ0n) is 12.8. The van der Waals surface area contributed by atoms with Crippen LogP contribution in [0, 0.1) is 0 Å². The number of hydrogen-bond donors (Lipinski definition) is 1. The second-order valence-electron chi connectivity index (χ2n) is 4.94. The topological polar surface area (TPSA) is 21.3 Å². The fraction of sp³-hybridized carbons (Fsp3) is 0.412. The zero-order valence-corrected chi connectivity index (χ0v) is 14.4. The number of rotatable bonds is 7. The van der Waals surface area contributed by atoms with E-state index in [0.29, 0.717) is 5.02 Å². The molecule has 2 rings (SSSR count). The van der Waals surface area contributed by atoms with E-state index in [2.05, 4.69) is 37.4 Å². The summed E-state index contributed by atoms with van der Waals surface area (Å²) in [6.45, 7) is 5.35. The Morgan fingerprint density at radius 1 is 1.24 bits per heavy atom. The third-order valence-electron chi connectivity index (χ3n) is 3.42. The monoisotopic (exact) mass is 323 g/mol. The first kappa shape index (κ1) is 16.3. The van der Waals surface area contributed by atoms with Gasteiger partial charge >= 0.3 is 0 Å². The maximum Gasteiger partial charge on any atom is 0.137 e. The zero-order chi connectivity index (χ0) is 15.2. The van der Waals surface area contributed by atoms with Crippen LogP contribution in [0.15, 0.2) is 30.3 Å². The van der Waals surface area contributed by atoms with Gasteiger partial charge in [-0.3, -0.25) is 0 Å². The highest BCUT2D eigenvalue weighted by molar-refractivity contribution is 7.12. The molecular weight excluding hydrogens is 302 g/mol. The quantitative estimate of drug-likeness (QED) is 0.768. The second kappa shape index (κ2) is 7.83. The number of thiophene rings is 1. The molecule has 0 amide bonds. The molecule has 0 aliphatic rings. The van der Waals surface area contributed by atoms with Crippen LogP contribution in [-0.4, -0.2) is 13.7 Å². The summed E-state index contributed by atoms with van der Waals surface area (Å²) in [4.78, 5) is 2.74. The van der Waals surface area contributed by atoms with E-state index in [1.54, 1.807) is 7.11 Å². The predicted molar refractivity (Wildman–Crippen MR) is 91.8 cm³/mol. The first-order valence-electron chi connectivity index (χ1n) is 7.35. The molecule has 1 N–H and O–H groups in total. The van der Waals surface area contributed by atoms with Gasteiger partial charge in [-0.15, -0.1) is 11.3 Å². The van der Waals surface area contributed by atoms with Gasteiger partial charge in [-0.2, -0.15) is 0 Å². The molecule has 4 heteroatoms. The van der Waals surface area contributed by atoms with Crippen molar-refractivity contribution in [1.29, 1.82) is 0 Å². The largest absolute Gasteiger partial charge is 0.495 e. The normalized spacial score (nSPS) is 12.4. The van der Waals surface area contributed by atoms with Crippen molar-refractivity contribution in [3.05, 3.63) is 50.7 Å². The Morgan fingerprint density at radius 2 is 2.05 bits per heavy atom. The van der Waals surface area contributed by atoms with Crippen LogP contribution in [0.2, 0.25) is 5.02 Å². The van der Waals surface area contributed by atoms with E-state index < -0.39 is 0 Å². The first-order valence-corrected chi connectivity index (χ1v) is 8.54. The van der Waals surface area contributed by atoms with E-state index in [9.17, 15) is 0 Å². The maximum atomic E-state index is 6.28. The van der Waals surface area contributed by atoms with Crippen LogP contribution < -0.4 is 10.1 Å². The third kappa shape index (κ3) is 4.00. The Labute approximate surface area is 136 Å². The summed E-state index contributed by atoms with van der Waals surface area (Å²) in [6, 6.07) is 10.6. The van der Waals surface area contributed by atoms with E-state index in [0.717, 1.165) is 25.1 Å². The second-order valence-corrected chi connectivity index (χ2v) is 6.55. The van der Waals surface area contributed by atoms with Crippen molar-refractivity contribution in [2.45, 2.75) is 32.7 Å². The number of aryl methyl sites for hydroxylation is 1. The summed E-state index contributed by atoms with van der Waals surface area (Å²) < 4.78 is 5.24. The lowest BCUT2D eigenvalue weighted by Gasteiger charge is -2.18. The molecule has 1 aromatic carbocycles. The molecule has 1 unspecified atom stereocenters. The summed E-state index contributed by atoms with van der Waals surface area (Å²) in [5.74, 6) is 0.718. The van der Waals surface area contributed by atoms with Crippen molar-refractivity contribution in [2.75, 3.05) is 13.7 Å². The highest BCUT2D eigenvalue weighted by Gasteiger charge is 2.17. The van der Waals surface area contributed by atoms with Gasteiger partial charge < -0.3 is 10.1 Å². The lowest BCUT2D eigenvalue weighted by molar-refractivity contribution is 0.414. The smallest absolute Gasteiger partial charge is 0.137 e. The number of hydrogen-bond acceptors (Lipinski definition) is 3. The number of benzene rings is 1. The lowest BCUT2D eigenvalue weighted by atomic mass is 10.0. The Hall–Kier alpha value is -1.03.